The van der Waals surface area contributed by atoms with E-state index in [-0.39, 0.29) is 24.2 Å². The van der Waals surface area contributed by atoms with Crippen molar-refractivity contribution in [1.82, 2.24) is 15.5 Å². The van der Waals surface area contributed by atoms with Crippen molar-refractivity contribution in [2.75, 3.05) is 13.1 Å². The SMILES string of the molecule is CC(C)(C)OC(=O)N1CC2NC(=O)NC2C1. The maximum absolute atomic E-state index is 11.7. The Morgan fingerprint density at radius 2 is 1.81 bits per heavy atom. The van der Waals surface area contributed by atoms with Crippen molar-refractivity contribution >= 4 is 12.1 Å². The van der Waals surface area contributed by atoms with Crippen LogP contribution >= 0.6 is 0 Å². The van der Waals surface area contributed by atoms with Gasteiger partial charge in [0.2, 0.25) is 0 Å². The number of hydrogen-bond donors (Lipinski definition) is 2. The highest BCUT2D eigenvalue weighted by atomic mass is 16.6. The summed E-state index contributed by atoms with van der Waals surface area (Å²) in [5, 5.41) is 5.53. The summed E-state index contributed by atoms with van der Waals surface area (Å²) in [6.45, 7) is 6.53. The van der Waals surface area contributed by atoms with Gasteiger partial charge in [-0.15, -0.1) is 0 Å². The lowest BCUT2D eigenvalue weighted by molar-refractivity contribution is 0.0286. The van der Waals surface area contributed by atoms with Gasteiger partial charge < -0.3 is 20.3 Å². The van der Waals surface area contributed by atoms with Crippen LogP contribution in [0.1, 0.15) is 20.8 Å². The fraction of sp³-hybridized carbons (Fsp3) is 0.800. The van der Waals surface area contributed by atoms with Crippen LogP contribution in [0.3, 0.4) is 0 Å². The van der Waals surface area contributed by atoms with Crippen molar-refractivity contribution in [3.63, 3.8) is 0 Å². The molecule has 2 aliphatic heterocycles. The summed E-state index contributed by atoms with van der Waals surface area (Å²) < 4.78 is 5.26. The molecule has 0 aromatic rings. The maximum atomic E-state index is 11.7. The minimum absolute atomic E-state index is 0.0139. The molecule has 3 amide bonds. The number of nitrogens with zero attached hydrogens (tertiary/aromatic N) is 1. The monoisotopic (exact) mass is 227 g/mol. The second-order valence-corrected chi connectivity index (χ2v) is 5.22. The van der Waals surface area contributed by atoms with E-state index in [1.165, 1.54) is 0 Å². The highest BCUT2D eigenvalue weighted by Gasteiger charge is 2.42. The normalized spacial score (nSPS) is 28.4. The third-order valence-electron chi connectivity index (χ3n) is 2.60. The molecule has 2 rings (SSSR count). The van der Waals surface area contributed by atoms with Gasteiger partial charge in [0.1, 0.15) is 5.60 Å². The molecule has 0 radical (unpaired) electrons. The van der Waals surface area contributed by atoms with Crippen LogP contribution in [0.15, 0.2) is 0 Å². The van der Waals surface area contributed by atoms with Crippen LogP contribution in [0.4, 0.5) is 9.59 Å². The van der Waals surface area contributed by atoms with Gasteiger partial charge in [-0.25, -0.2) is 9.59 Å². The predicted octanol–water partition coefficient (Wildman–Crippen LogP) is 0.287. The van der Waals surface area contributed by atoms with E-state index < -0.39 is 5.60 Å². The number of nitrogens with one attached hydrogen (secondary N) is 2. The average Bonchev–Trinajstić information content (AvgIpc) is 2.56. The second kappa shape index (κ2) is 3.54. The minimum atomic E-state index is -0.481. The molecule has 16 heavy (non-hydrogen) atoms. The molecule has 6 nitrogen and oxygen atoms in total. The molecule has 2 aliphatic rings. The lowest BCUT2D eigenvalue weighted by Gasteiger charge is -2.24. The van der Waals surface area contributed by atoms with Crippen LogP contribution in [0, 0.1) is 0 Å². The van der Waals surface area contributed by atoms with Crippen LogP contribution in [0.2, 0.25) is 0 Å². The molecule has 0 saturated carbocycles. The van der Waals surface area contributed by atoms with E-state index in [1.54, 1.807) is 4.90 Å². The molecular weight excluding hydrogens is 210 g/mol. The van der Waals surface area contributed by atoms with Crippen LogP contribution in [-0.4, -0.2) is 47.8 Å². The predicted molar refractivity (Wildman–Crippen MR) is 57.1 cm³/mol. The van der Waals surface area contributed by atoms with E-state index in [0.29, 0.717) is 13.1 Å². The first-order valence-electron chi connectivity index (χ1n) is 5.40. The summed E-state index contributed by atoms with van der Waals surface area (Å²) in [5.41, 5.74) is -0.481. The number of ether oxygens (including phenoxy) is 1. The number of hydrogen-bond acceptors (Lipinski definition) is 3. The van der Waals surface area contributed by atoms with Gasteiger partial charge in [-0.2, -0.15) is 0 Å². The molecule has 2 unspecified atom stereocenters. The molecule has 2 heterocycles. The van der Waals surface area contributed by atoms with E-state index in [2.05, 4.69) is 10.6 Å². The number of likely N-dealkylation sites (tertiary alicyclic amines) is 1. The zero-order valence-corrected chi connectivity index (χ0v) is 9.74. The maximum Gasteiger partial charge on any atom is 0.410 e. The Hall–Kier alpha value is -1.46. The Morgan fingerprint density at radius 1 is 1.31 bits per heavy atom. The molecule has 0 aliphatic carbocycles. The first-order chi connectivity index (χ1) is 7.35. The molecule has 0 aromatic carbocycles. The van der Waals surface area contributed by atoms with E-state index in [9.17, 15) is 9.59 Å². The van der Waals surface area contributed by atoms with Crippen molar-refractivity contribution in [3.05, 3.63) is 0 Å². The third kappa shape index (κ3) is 2.20. The molecule has 2 saturated heterocycles. The summed E-state index contributed by atoms with van der Waals surface area (Å²) >= 11 is 0. The molecule has 0 bridgehead atoms. The Bertz CT molecular complexity index is 308. The largest absolute Gasteiger partial charge is 0.444 e. The Kier molecular flexibility index (Phi) is 2.44. The van der Waals surface area contributed by atoms with Gasteiger partial charge in [0.05, 0.1) is 12.1 Å². The summed E-state index contributed by atoms with van der Waals surface area (Å²) in [4.78, 5) is 24.4. The highest BCUT2D eigenvalue weighted by molar-refractivity contribution is 5.78. The minimum Gasteiger partial charge on any atom is -0.444 e. The van der Waals surface area contributed by atoms with Gasteiger partial charge in [-0.05, 0) is 20.8 Å². The fourth-order valence-electron chi connectivity index (χ4n) is 1.95. The summed E-state index contributed by atoms with van der Waals surface area (Å²) in [6, 6.07) is -0.126. The molecule has 6 heteroatoms. The molecule has 90 valence electrons. The van der Waals surface area contributed by atoms with E-state index >= 15 is 0 Å². The number of urea groups is 1. The zero-order valence-electron chi connectivity index (χ0n) is 9.74. The smallest absolute Gasteiger partial charge is 0.410 e. The quantitative estimate of drug-likeness (QED) is 0.624. The lowest BCUT2D eigenvalue weighted by atomic mass is 10.2. The molecule has 2 N–H and O–H groups in total. The number of carbonyl (C=O) groups excluding carboxylic acids is 2. The summed E-state index contributed by atoms with van der Waals surface area (Å²) in [7, 11) is 0. The number of amides is 3. The highest BCUT2D eigenvalue weighted by Crippen LogP contribution is 2.17. The van der Waals surface area contributed by atoms with Crippen molar-refractivity contribution in [2.45, 2.75) is 38.5 Å². The van der Waals surface area contributed by atoms with Crippen LogP contribution in [0.5, 0.6) is 0 Å². The van der Waals surface area contributed by atoms with Crippen molar-refractivity contribution < 1.29 is 14.3 Å². The van der Waals surface area contributed by atoms with Gasteiger partial charge in [0.25, 0.3) is 0 Å². The van der Waals surface area contributed by atoms with Gasteiger partial charge in [0, 0.05) is 13.1 Å². The van der Waals surface area contributed by atoms with Crippen molar-refractivity contribution in [1.29, 1.82) is 0 Å². The molecule has 0 spiro atoms. The Morgan fingerprint density at radius 3 is 2.25 bits per heavy atom. The lowest BCUT2D eigenvalue weighted by Crippen LogP contribution is -2.40. The third-order valence-corrected chi connectivity index (χ3v) is 2.60. The van der Waals surface area contributed by atoms with Gasteiger partial charge in [0.15, 0.2) is 0 Å². The van der Waals surface area contributed by atoms with Crippen LogP contribution < -0.4 is 10.6 Å². The zero-order chi connectivity index (χ0) is 11.9. The topological polar surface area (TPSA) is 70.7 Å². The summed E-state index contributed by atoms with van der Waals surface area (Å²) in [6.07, 6.45) is -0.321. The molecular formula is C10H17N3O3. The van der Waals surface area contributed by atoms with Crippen LogP contribution in [0.25, 0.3) is 0 Å². The van der Waals surface area contributed by atoms with E-state index in [1.807, 2.05) is 20.8 Å². The first-order valence-corrected chi connectivity index (χ1v) is 5.40. The van der Waals surface area contributed by atoms with Gasteiger partial charge >= 0.3 is 12.1 Å². The van der Waals surface area contributed by atoms with Crippen molar-refractivity contribution in [3.8, 4) is 0 Å². The summed E-state index contributed by atoms with van der Waals surface area (Å²) in [5.74, 6) is 0. The van der Waals surface area contributed by atoms with Crippen LogP contribution in [-0.2, 0) is 4.74 Å². The van der Waals surface area contributed by atoms with E-state index in [4.69, 9.17) is 4.74 Å². The number of fused-ring (bicyclic) bond motifs is 1. The number of rotatable bonds is 0. The number of carbonyl (C=O) groups is 2. The Balaban J connectivity index is 1.90. The second-order valence-electron chi connectivity index (χ2n) is 5.22. The van der Waals surface area contributed by atoms with Gasteiger partial charge in [-0.3, -0.25) is 0 Å². The molecule has 2 atom stereocenters. The van der Waals surface area contributed by atoms with Crippen molar-refractivity contribution in [2.24, 2.45) is 0 Å². The average molecular weight is 227 g/mol. The first kappa shape index (κ1) is 11.0. The van der Waals surface area contributed by atoms with Gasteiger partial charge in [-0.1, -0.05) is 0 Å². The molecule has 0 aromatic heterocycles. The fourth-order valence-corrected chi connectivity index (χ4v) is 1.95. The Labute approximate surface area is 94.3 Å². The standard InChI is InChI=1S/C10H17N3O3/c1-10(2,3)16-9(15)13-4-6-7(5-13)12-8(14)11-6/h6-7H,4-5H2,1-3H3,(H2,11,12,14). The van der Waals surface area contributed by atoms with E-state index in [0.717, 1.165) is 0 Å². The molecule has 2 fully saturated rings.